The van der Waals surface area contributed by atoms with Gasteiger partial charge in [0.2, 0.25) is 0 Å². The van der Waals surface area contributed by atoms with Crippen molar-refractivity contribution in [1.82, 2.24) is 10.6 Å². The van der Waals surface area contributed by atoms with E-state index in [1.54, 1.807) is 0 Å². The summed E-state index contributed by atoms with van der Waals surface area (Å²) >= 11 is 0. The predicted octanol–water partition coefficient (Wildman–Crippen LogP) is 1.68. The van der Waals surface area contributed by atoms with Crippen molar-refractivity contribution in [3.63, 3.8) is 0 Å². The third-order valence-corrected chi connectivity index (χ3v) is 3.69. The molecule has 106 valence electrons. The summed E-state index contributed by atoms with van der Waals surface area (Å²) in [5, 5.41) is 6.72. The first-order chi connectivity index (χ1) is 9.54. The fourth-order valence-electron chi connectivity index (χ4n) is 2.52. The van der Waals surface area contributed by atoms with Crippen molar-refractivity contribution in [2.75, 3.05) is 26.2 Å². The SMILES string of the molecule is CC(C)(C)c1cc(C2=NCCN2)cc(C2=NCCN2)c1. The summed E-state index contributed by atoms with van der Waals surface area (Å²) in [7, 11) is 0. The van der Waals surface area contributed by atoms with Gasteiger partial charge in [-0.15, -0.1) is 0 Å². The minimum absolute atomic E-state index is 0.114. The van der Waals surface area contributed by atoms with Crippen LogP contribution >= 0.6 is 0 Å². The lowest BCUT2D eigenvalue weighted by Gasteiger charge is -2.21. The molecule has 0 bridgehead atoms. The van der Waals surface area contributed by atoms with Crippen LogP contribution in [0.4, 0.5) is 0 Å². The van der Waals surface area contributed by atoms with Crippen molar-refractivity contribution in [1.29, 1.82) is 0 Å². The maximum absolute atomic E-state index is 4.54. The second-order valence-electron chi connectivity index (χ2n) is 6.36. The van der Waals surface area contributed by atoms with Crippen LogP contribution in [0.25, 0.3) is 0 Å². The van der Waals surface area contributed by atoms with Crippen LogP contribution in [0.5, 0.6) is 0 Å². The molecule has 0 amide bonds. The summed E-state index contributed by atoms with van der Waals surface area (Å²) in [5.41, 5.74) is 3.77. The second-order valence-corrected chi connectivity index (χ2v) is 6.36. The summed E-state index contributed by atoms with van der Waals surface area (Å²) in [6.07, 6.45) is 0. The molecule has 0 unspecified atom stereocenters. The van der Waals surface area contributed by atoms with Gasteiger partial charge in [0.15, 0.2) is 0 Å². The Bertz CT molecular complexity index is 536. The Morgan fingerprint density at radius 2 is 1.35 bits per heavy atom. The molecule has 2 heterocycles. The number of aliphatic imine (C=N–C) groups is 2. The standard InChI is InChI=1S/C16H22N4/c1-16(2,3)13-9-11(14-17-4-5-18-14)8-12(10-13)15-19-6-7-20-15/h8-10H,4-7H2,1-3H3,(H,17,18)(H,19,20). The third kappa shape index (κ3) is 2.55. The van der Waals surface area contributed by atoms with E-state index in [9.17, 15) is 0 Å². The quantitative estimate of drug-likeness (QED) is 0.859. The van der Waals surface area contributed by atoms with Crippen LogP contribution in [-0.2, 0) is 5.41 Å². The van der Waals surface area contributed by atoms with Gasteiger partial charge < -0.3 is 10.6 Å². The molecule has 0 saturated carbocycles. The lowest BCUT2D eigenvalue weighted by Crippen LogP contribution is -2.24. The van der Waals surface area contributed by atoms with Gasteiger partial charge in [-0.25, -0.2) is 0 Å². The monoisotopic (exact) mass is 270 g/mol. The molecule has 1 aromatic carbocycles. The normalized spacial score (nSPS) is 18.4. The molecule has 0 radical (unpaired) electrons. The minimum Gasteiger partial charge on any atom is -0.368 e. The van der Waals surface area contributed by atoms with Crippen LogP contribution in [0.2, 0.25) is 0 Å². The number of nitrogens with one attached hydrogen (secondary N) is 2. The molecule has 4 nitrogen and oxygen atoms in total. The fraction of sp³-hybridized carbons (Fsp3) is 0.500. The molecule has 3 rings (SSSR count). The Hall–Kier alpha value is -1.84. The largest absolute Gasteiger partial charge is 0.368 e. The maximum atomic E-state index is 4.54. The molecular weight excluding hydrogens is 248 g/mol. The first-order valence-corrected chi connectivity index (χ1v) is 7.27. The van der Waals surface area contributed by atoms with Crippen LogP contribution in [0.15, 0.2) is 28.2 Å². The Morgan fingerprint density at radius 3 is 1.70 bits per heavy atom. The number of benzene rings is 1. The van der Waals surface area contributed by atoms with Gasteiger partial charge in [-0.2, -0.15) is 0 Å². The van der Waals surface area contributed by atoms with Crippen molar-refractivity contribution in [3.8, 4) is 0 Å². The number of hydrogen-bond acceptors (Lipinski definition) is 4. The number of nitrogens with zero attached hydrogens (tertiary/aromatic N) is 2. The van der Waals surface area contributed by atoms with Crippen LogP contribution in [0, 0.1) is 0 Å². The van der Waals surface area contributed by atoms with Crippen molar-refractivity contribution in [2.24, 2.45) is 9.98 Å². The number of hydrogen-bond donors (Lipinski definition) is 2. The highest BCUT2D eigenvalue weighted by Gasteiger charge is 2.20. The molecule has 1 aromatic rings. The summed E-state index contributed by atoms with van der Waals surface area (Å²) < 4.78 is 0. The van der Waals surface area contributed by atoms with Gasteiger partial charge in [-0.3, -0.25) is 9.98 Å². The lowest BCUT2D eigenvalue weighted by atomic mass is 9.84. The van der Waals surface area contributed by atoms with E-state index in [1.165, 1.54) is 16.7 Å². The van der Waals surface area contributed by atoms with Crippen molar-refractivity contribution >= 4 is 11.7 Å². The zero-order valence-electron chi connectivity index (χ0n) is 12.5. The molecule has 20 heavy (non-hydrogen) atoms. The van der Waals surface area contributed by atoms with Crippen molar-refractivity contribution < 1.29 is 0 Å². The second kappa shape index (κ2) is 4.93. The Kier molecular flexibility index (Phi) is 3.24. The molecule has 4 heteroatoms. The molecule has 2 aliphatic heterocycles. The van der Waals surface area contributed by atoms with Crippen LogP contribution in [0.3, 0.4) is 0 Å². The van der Waals surface area contributed by atoms with Crippen LogP contribution < -0.4 is 10.6 Å². The van der Waals surface area contributed by atoms with E-state index in [0.717, 1.165) is 37.9 Å². The molecule has 0 aliphatic carbocycles. The molecular formula is C16H22N4. The smallest absolute Gasteiger partial charge is 0.128 e. The molecule has 0 saturated heterocycles. The third-order valence-electron chi connectivity index (χ3n) is 3.69. The zero-order valence-corrected chi connectivity index (χ0v) is 12.5. The van der Waals surface area contributed by atoms with E-state index >= 15 is 0 Å². The van der Waals surface area contributed by atoms with Gasteiger partial charge in [0.25, 0.3) is 0 Å². The van der Waals surface area contributed by atoms with Gasteiger partial charge >= 0.3 is 0 Å². The lowest BCUT2D eigenvalue weighted by molar-refractivity contribution is 0.590. The Morgan fingerprint density at radius 1 is 0.850 bits per heavy atom. The first kappa shape index (κ1) is 13.2. The van der Waals surface area contributed by atoms with Gasteiger partial charge in [0, 0.05) is 24.2 Å². The van der Waals surface area contributed by atoms with Crippen molar-refractivity contribution in [2.45, 2.75) is 26.2 Å². The Labute approximate surface area is 120 Å². The average molecular weight is 270 g/mol. The maximum Gasteiger partial charge on any atom is 0.128 e. The predicted molar refractivity (Wildman–Crippen MR) is 84.0 cm³/mol. The average Bonchev–Trinajstić information content (AvgIpc) is 3.10. The highest BCUT2D eigenvalue weighted by Crippen LogP contribution is 2.25. The topological polar surface area (TPSA) is 48.8 Å². The molecule has 2 N–H and O–H groups in total. The van der Waals surface area contributed by atoms with Gasteiger partial charge in [-0.1, -0.05) is 20.8 Å². The number of rotatable bonds is 2. The van der Waals surface area contributed by atoms with E-state index in [4.69, 9.17) is 0 Å². The molecule has 0 spiro atoms. The van der Waals surface area contributed by atoms with Gasteiger partial charge in [-0.05, 0) is 29.2 Å². The molecule has 0 aromatic heterocycles. The van der Waals surface area contributed by atoms with E-state index in [0.29, 0.717) is 0 Å². The van der Waals surface area contributed by atoms with Crippen LogP contribution in [-0.4, -0.2) is 37.9 Å². The van der Waals surface area contributed by atoms with Gasteiger partial charge in [0.05, 0.1) is 13.1 Å². The van der Waals surface area contributed by atoms with E-state index in [-0.39, 0.29) is 5.41 Å². The fourth-order valence-corrected chi connectivity index (χ4v) is 2.52. The molecule has 0 fully saturated rings. The molecule has 2 aliphatic rings. The van der Waals surface area contributed by atoms with E-state index in [2.05, 4.69) is 59.6 Å². The van der Waals surface area contributed by atoms with E-state index in [1.807, 2.05) is 0 Å². The Balaban J connectivity index is 2.07. The summed E-state index contributed by atoms with van der Waals surface area (Å²) in [6, 6.07) is 6.68. The van der Waals surface area contributed by atoms with Gasteiger partial charge in [0.1, 0.15) is 11.7 Å². The minimum atomic E-state index is 0.114. The summed E-state index contributed by atoms with van der Waals surface area (Å²) in [6.45, 7) is 10.3. The highest BCUT2D eigenvalue weighted by molar-refractivity contribution is 6.05. The highest BCUT2D eigenvalue weighted by atomic mass is 15.1. The molecule has 0 atom stereocenters. The summed E-state index contributed by atoms with van der Waals surface area (Å²) in [4.78, 5) is 9.08. The van der Waals surface area contributed by atoms with Crippen molar-refractivity contribution in [3.05, 3.63) is 34.9 Å². The zero-order chi connectivity index (χ0) is 14.2. The van der Waals surface area contributed by atoms with E-state index < -0.39 is 0 Å². The van der Waals surface area contributed by atoms with Crippen LogP contribution in [0.1, 0.15) is 37.5 Å². The summed E-state index contributed by atoms with van der Waals surface area (Å²) in [5.74, 6) is 2.02. The first-order valence-electron chi connectivity index (χ1n) is 7.27. The number of amidine groups is 2.